The van der Waals surface area contributed by atoms with Gasteiger partial charge >= 0.3 is 0 Å². The highest BCUT2D eigenvalue weighted by atomic mass is 35.5. The summed E-state index contributed by atoms with van der Waals surface area (Å²) in [5, 5.41) is 4.69. The third kappa shape index (κ3) is 4.01. The highest BCUT2D eigenvalue weighted by Crippen LogP contribution is 2.29. The Labute approximate surface area is 174 Å². The molecule has 2 heterocycles. The van der Waals surface area contributed by atoms with Crippen molar-refractivity contribution in [3.63, 3.8) is 0 Å². The van der Waals surface area contributed by atoms with E-state index in [-0.39, 0.29) is 28.7 Å². The molecule has 1 aliphatic heterocycles. The van der Waals surface area contributed by atoms with E-state index in [1.165, 1.54) is 12.1 Å². The number of hydrogen-bond donors (Lipinski definition) is 0. The van der Waals surface area contributed by atoms with E-state index in [0.717, 1.165) is 24.8 Å². The fourth-order valence-corrected chi connectivity index (χ4v) is 4.18. The molecular weight excluding hydrogens is 395 g/mol. The highest BCUT2D eigenvalue weighted by molar-refractivity contribution is 6.33. The predicted octanol–water partition coefficient (Wildman–Crippen LogP) is 3.12. The topological polar surface area (TPSA) is 58.4 Å². The van der Waals surface area contributed by atoms with Crippen LogP contribution in [0.5, 0.6) is 0 Å². The lowest BCUT2D eigenvalue weighted by atomic mass is 9.84. The first-order valence-corrected chi connectivity index (χ1v) is 10.4. The number of benzene rings is 1. The van der Waals surface area contributed by atoms with Gasteiger partial charge in [-0.05, 0) is 37.5 Å². The predicted molar refractivity (Wildman–Crippen MR) is 107 cm³/mol. The molecule has 1 saturated heterocycles. The molecule has 0 N–H and O–H groups in total. The lowest BCUT2D eigenvalue weighted by Crippen LogP contribution is -2.52. The highest BCUT2D eigenvalue weighted by Gasteiger charge is 2.33. The molecule has 2 aromatic rings. The number of nitrogens with zero attached hydrogens (tertiary/aromatic N) is 4. The zero-order valence-electron chi connectivity index (χ0n) is 16.4. The molecule has 0 radical (unpaired) electrons. The molecule has 0 unspecified atom stereocenters. The van der Waals surface area contributed by atoms with Gasteiger partial charge in [0.05, 0.1) is 17.8 Å². The average molecular weight is 419 g/mol. The van der Waals surface area contributed by atoms with Crippen molar-refractivity contribution >= 4 is 23.4 Å². The molecule has 29 heavy (non-hydrogen) atoms. The van der Waals surface area contributed by atoms with Crippen molar-refractivity contribution in [2.75, 3.05) is 26.2 Å². The van der Waals surface area contributed by atoms with Crippen LogP contribution in [0.1, 0.15) is 40.9 Å². The zero-order chi connectivity index (χ0) is 20.5. The number of carbonyl (C=O) groups is 2. The van der Waals surface area contributed by atoms with Crippen LogP contribution in [0, 0.1) is 18.7 Å². The molecule has 1 aromatic carbocycles. The summed E-state index contributed by atoms with van der Waals surface area (Å²) in [6.45, 7) is 4.23. The Balaban J connectivity index is 1.43. The van der Waals surface area contributed by atoms with Gasteiger partial charge in [0.25, 0.3) is 5.91 Å². The Morgan fingerprint density at radius 3 is 2.31 bits per heavy atom. The van der Waals surface area contributed by atoms with Crippen LogP contribution >= 0.6 is 11.6 Å². The number of carbonyl (C=O) groups excluding carboxylic acids is 2. The first-order chi connectivity index (χ1) is 13.9. The summed E-state index contributed by atoms with van der Waals surface area (Å²) in [5.74, 6) is -0.0563. The van der Waals surface area contributed by atoms with Crippen LogP contribution in [0.3, 0.4) is 0 Å². The van der Waals surface area contributed by atoms with E-state index in [1.807, 2.05) is 4.90 Å². The number of aryl methyl sites for hydroxylation is 1. The van der Waals surface area contributed by atoms with Crippen molar-refractivity contribution < 1.29 is 14.0 Å². The van der Waals surface area contributed by atoms with Gasteiger partial charge in [0.2, 0.25) is 5.91 Å². The molecule has 0 bridgehead atoms. The number of rotatable bonds is 4. The molecule has 0 spiro atoms. The van der Waals surface area contributed by atoms with Gasteiger partial charge in [-0.3, -0.25) is 9.59 Å². The van der Waals surface area contributed by atoms with Gasteiger partial charge in [-0.1, -0.05) is 30.2 Å². The van der Waals surface area contributed by atoms with Crippen LogP contribution in [0.2, 0.25) is 5.15 Å². The molecule has 1 aromatic heterocycles. The number of piperazine rings is 1. The summed E-state index contributed by atoms with van der Waals surface area (Å²) in [7, 11) is 0. The maximum absolute atomic E-state index is 13.1. The van der Waals surface area contributed by atoms with Gasteiger partial charge in [-0.2, -0.15) is 5.10 Å². The van der Waals surface area contributed by atoms with Gasteiger partial charge < -0.3 is 9.80 Å². The van der Waals surface area contributed by atoms with E-state index < -0.39 is 0 Å². The third-order valence-corrected chi connectivity index (χ3v) is 6.24. The normalized spacial score (nSPS) is 17.3. The van der Waals surface area contributed by atoms with Crippen LogP contribution in [0.4, 0.5) is 4.39 Å². The van der Waals surface area contributed by atoms with E-state index in [9.17, 15) is 14.0 Å². The van der Waals surface area contributed by atoms with Crippen molar-refractivity contribution in [2.24, 2.45) is 5.92 Å². The Hall–Kier alpha value is -2.41. The number of aromatic nitrogens is 2. The lowest BCUT2D eigenvalue weighted by Gasteiger charge is -2.38. The molecule has 154 valence electrons. The van der Waals surface area contributed by atoms with E-state index in [4.69, 9.17) is 11.6 Å². The van der Waals surface area contributed by atoms with Crippen LogP contribution in [-0.2, 0) is 11.3 Å². The molecule has 1 aliphatic carbocycles. The van der Waals surface area contributed by atoms with Gasteiger partial charge in [0.1, 0.15) is 11.0 Å². The van der Waals surface area contributed by atoms with Gasteiger partial charge in [-0.25, -0.2) is 9.07 Å². The van der Waals surface area contributed by atoms with Crippen molar-refractivity contribution in [3.05, 3.63) is 52.1 Å². The summed E-state index contributed by atoms with van der Waals surface area (Å²) in [4.78, 5) is 29.1. The minimum atomic E-state index is -0.303. The number of halogens is 2. The zero-order valence-corrected chi connectivity index (χ0v) is 17.2. The second-order valence-corrected chi connectivity index (χ2v) is 8.14. The van der Waals surface area contributed by atoms with Crippen LogP contribution in [0.25, 0.3) is 0 Å². The Morgan fingerprint density at radius 1 is 1.10 bits per heavy atom. The lowest BCUT2D eigenvalue weighted by molar-refractivity contribution is -0.139. The van der Waals surface area contributed by atoms with Gasteiger partial charge in [-0.15, -0.1) is 0 Å². The molecule has 1 saturated carbocycles. The number of amides is 2. The summed E-state index contributed by atoms with van der Waals surface area (Å²) in [6.07, 6.45) is 3.11. The van der Waals surface area contributed by atoms with E-state index in [2.05, 4.69) is 5.10 Å². The molecule has 8 heteroatoms. The monoisotopic (exact) mass is 418 g/mol. The maximum Gasteiger partial charge on any atom is 0.259 e. The second-order valence-electron chi connectivity index (χ2n) is 7.78. The first kappa shape index (κ1) is 19.9. The first-order valence-electron chi connectivity index (χ1n) is 9.99. The van der Waals surface area contributed by atoms with Crippen LogP contribution in [-0.4, -0.2) is 57.6 Å². The summed E-state index contributed by atoms with van der Waals surface area (Å²) in [5.41, 5.74) is 1.81. The van der Waals surface area contributed by atoms with E-state index in [0.29, 0.717) is 44.0 Å². The fraction of sp³-hybridized carbons (Fsp3) is 0.476. The maximum atomic E-state index is 13.1. The fourth-order valence-electron chi connectivity index (χ4n) is 3.87. The summed E-state index contributed by atoms with van der Waals surface area (Å²) in [6, 6.07) is 6.11. The minimum Gasteiger partial charge on any atom is -0.339 e. The number of hydrogen-bond acceptors (Lipinski definition) is 3. The SMILES string of the molecule is Cc1nn(Cc2ccc(F)cc2)c(Cl)c1C(=O)N1CCN(C(=O)C2CCC2)CC1. The van der Waals surface area contributed by atoms with Crippen LogP contribution < -0.4 is 0 Å². The molecular formula is C21H24ClFN4O2. The quantitative estimate of drug-likeness (QED) is 0.766. The summed E-state index contributed by atoms with van der Waals surface area (Å²) < 4.78 is 14.7. The van der Waals surface area contributed by atoms with Crippen molar-refractivity contribution in [2.45, 2.75) is 32.7 Å². The Bertz CT molecular complexity index is 916. The van der Waals surface area contributed by atoms with Gasteiger partial charge in [0, 0.05) is 32.1 Å². The Morgan fingerprint density at radius 2 is 1.72 bits per heavy atom. The summed E-state index contributed by atoms with van der Waals surface area (Å²) >= 11 is 6.49. The molecule has 2 fully saturated rings. The van der Waals surface area contributed by atoms with Crippen molar-refractivity contribution in [1.82, 2.24) is 19.6 Å². The minimum absolute atomic E-state index is 0.159. The van der Waals surface area contributed by atoms with E-state index >= 15 is 0 Å². The average Bonchev–Trinajstić information content (AvgIpc) is 2.95. The van der Waals surface area contributed by atoms with Gasteiger partial charge in [0.15, 0.2) is 0 Å². The standard InChI is InChI=1S/C21H24ClFN4O2/c1-14-18(19(22)27(24-14)13-15-5-7-17(23)8-6-15)21(29)26-11-9-25(10-12-26)20(28)16-3-2-4-16/h5-8,16H,2-4,9-13H2,1H3. The van der Waals surface area contributed by atoms with Crippen molar-refractivity contribution in [1.29, 1.82) is 0 Å². The molecule has 4 rings (SSSR count). The molecule has 2 aliphatic rings. The largest absolute Gasteiger partial charge is 0.339 e. The molecule has 6 nitrogen and oxygen atoms in total. The van der Waals surface area contributed by atoms with Crippen LogP contribution in [0.15, 0.2) is 24.3 Å². The molecule has 2 amide bonds. The van der Waals surface area contributed by atoms with E-state index in [1.54, 1.807) is 28.6 Å². The molecule has 0 atom stereocenters. The van der Waals surface area contributed by atoms with Crippen molar-refractivity contribution in [3.8, 4) is 0 Å². The Kier molecular flexibility index (Phi) is 5.58. The smallest absolute Gasteiger partial charge is 0.259 e. The third-order valence-electron chi connectivity index (χ3n) is 5.86. The second kappa shape index (κ2) is 8.14.